The zero-order valence-electron chi connectivity index (χ0n) is 15.0. The van der Waals surface area contributed by atoms with Crippen LogP contribution in [0, 0.1) is 0 Å². The third-order valence-corrected chi connectivity index (χ3v) is 5.17. The summed E-state index contributed by atoms with van der Waals surface area (Å²) in [6.07, 6.45) is 1.08. The van der Waals surface area contributed by atoms with Gasteiger partial charge in [0.05, 0.1) is 21.9 Å². The third-order valence-electron chi connectivity index (χ3n) is 2.57. The molecular formula is C15H24ClN3O3S2. The number of thiazole rings is 1. The van der Waals surface area contributed by atoms with E-state index < -0.39 is 27.4 Å². The van der Waals surface area contributed by atoms with Gasteiger partial charge >= 0.3 is 6.09 Å². The van der Waals surface area contributed by atoms with Gasteiger partial charge in [-0.2, -0.15) is 4.40 Å². The smallest absolute Gasteiger partial charge is 0.410 e. The standard InChI is InChI=1S/C15H24ClN3O3S2/c1-14(2,3)22-13(20)19(7)9-10(11-8-17-12(16)23-11)18-24(21)15(4,5)6/h8H,9H2,1-7H3. The Morgan fingerprint density at radius 1 is 1.38 bits per heavy atom. The molecule has 6 nitrogen and oxygen atoms in total. The summed E-state index contributed by atoms with van der Waals surface area (Å²) < 4.78 is 21.9. The SMILES string of the molecule is CN(CC(=NS(=O)C(C)(C)C)c1cnc(Cl)s1)C(=O)OC(C)(C)C. The number of halogens is 1. The molecule has 0 aliphatic heterocycles. The first-order valence-electron chi connectivity index (χ1n) is 7.35. The molecule has 1 aromatic heterocycles. The third kappa shape index (κ3) is 6.86. The Morgan fingerprint density at radius 2 is 1.96 bits per heavy atom. The second-order valence-electron chi connectivity index (χ2n) is 7.21. The van der Waals surface area contributed by atoms with E-state index in [0.717, 1.165) is 0 Å². The molecule has 0 saturated carbocycles. The Balaban J connectivity index is 3.05. The fraction of sp³-hybridized carbons (Fsp3) is 0.667. The number of hydrogen-bond acceptors (Lipinski definition) is 5. The molecule has 1 heterocycles. The van der Waals surface area contributed by atoms with Crippen LogP contribution in [-0.4, -0.2) is 49.8 Å². The van der Waals surface area contributed by atoms with Crippen molar-refractivity contribution in [2.45, 2.75) is 51.9 Å². The van der Waals surface area contributed by atoms with E-state index in [0.29, 0.717) is 15.1 Å². The maximum atomic E-state index is 12.4. The molecule has 1 rings (SSSR count). The molecule has 0 N–H and O–H groups in total. The summed E-state index contributed by atoms with van der Waals surface area (Å²) >= 11 is 7.11. The van der Waals surface area contributed by atoms with Crippen molar-refractivity contribution in [3.8, 4) is 0 Å². The summed E-state index contributed by atoms with van der Waals surface area (Å²) in [4.78, 5) is 18.2. The number of rotatable bonds is 4. The first-order valence-corrected chi connectivity index (χ1v) is 9.65. The van der Waals surface area contributed by atoms with Gasteiger partial charge in [0.25, 0.3) is 0 Å². The van der Waals surface area contributed by atoms with Crippen LogP contribution in [0.4, 0.5) is 4.79 Å². The van der Waals surface area contributed by atoms with E-state index in [2.05, 4.69) is 9.38 Å². The molecule has 0 bridgehead atoms. The van der Waals surface area contributed by atoms with Crippen LogP contribution in [-0.2, 0) is 15.7 Å². The van der Waals surface area contributed by atoms with Gasteiger partial charge in [-0.05, 0) is 41.5 Å². The number of nitrogens with zero attached hydrogens (tertiary/aromatic N) is 3. The fourth-order valence-corrected chi connectivity index (χ4v) is 3.01. The summed E-state index contributed by atoms with van der Waals surface area (Å²) in [7, 11) is 0.141. The van der Waals surface area contributed by atoms with Crippen LogP contribution >= 0.6 is 22.9 Å². The first-order chi connectivity index (χ1) is 10.8. The number of carbonyl (C=O) groups excluding carboxylic acids is 1. The monoisotopic (exact) mass is 393 g/mol. The lowest BCUT2D eigenvalue weighted by molar-refractivity contribution is 0.0324. The highest BCUT2D eigenvalue weighted by Gasteiger charge is 2.24. The Kier molecular flexibility index (Phi) is 6.95. The largest absolute Gasteiger partial charge is 0.444 e. The van der Waals surface area contributed by atoms with Crippen molar-refractivity contribution in [2.75, 3.05) is 13.6 Å². The van der Waals surface area contributed by atoms with Gasteiger partial charge in [0.2, 0.25) is 0 Å². The molecule has 24 heavy (non-hydrogen) atoms. The van der Waals surface area contributed by atoms with Crippen LogP contribution in [0.3, 0.4) is 0 Å². The van der Waals surface area contributed by atoms with Crippen molar-refractivity contribution in [1.29, 1.82) is 0 Å². The molecule has 0 spiro atoms. The van der Waals surface area contributed by atoms with Crippen LogP contribution in [0.2, 0.25) is 4.47 Å². The molecule has 0 radical (unpaired) electrons. The Hall–Kier alpha value is -0.990. The molecule has 1 amide bonds. The number of ether oxygens (including phenoxy) is 1. The van der Waals surface area contributed by atoms with Gasteiger partial charge in [0, 0.05) is 13.2 Å². The minimum Gasteiger partial charge on any atom is -0.444 e. The molecule has 0 saturated heterocycles. The predicted octanol–water partition coefficient (Wildman–Crippen LogP) is 3.91. The van der Waals surface area contributed by atoms with Crippen LogP contribution in [0.25, 0.3) is 0 Å². The molecule has 1 atom stereocenters. The van der Waals surface area contributed by atoms with Crippen molar-refractivity contribution in [2.24, 2.45) is 4.40 Å². The van der Waals surface area contributed by atoms with Crippen molar-refractivity contribution in [3.63, 3.8) is 0 Å². The van der Waals surface area contributed by atoms with Crippen molar-refractivity contribution in [1.82, 2.24) is 9.88 Å². The van der Waals surface area contributed by atoms with Gasteiger partial charge in [0.15, 0.2) is 4.47 Å². The van der Waals surface area contributed by atoms with E-state index in [4.69, 9.17) is 16.3 Å². The summed E-state index contributed by atoms with van der Waals surface area (Å²) in [5.41, 5.74) is -0.106. The van der Waals surface area contributed by atoms with E-state index in [9.17, 15) is 9.00 Å². The lowest BCUT2D eigenvalue weighted by Crippen LogP contribution is -2.37. The number of carbonyl (C=O) groups is 1. The molecular weight excluding hydrogens is 370 g/mol. The Labute approximate surface area is 154 Å². The number of likely N-dealkylation sites (N-methyl/N-ethyl adjacent to an activating group) is 1. The van der Waals surface area contributed by atoms with Gasteiger partial charge in [-0.25, -0.2) is 14.0 Å². The van der Waals surface area contributed by atoms with Crippen LogP contribution in [0.15, 0.2) is 10.6 Å². The Bertz CT molecular complexity index is 645. The van der Waals surface area contributed by atoms with Crippen molar-refractivity contribution in [3.05, 3.63) is 15.5 Å². The maximum Gasteiger partial charge on any atom is 0.410 e. The van der Waals surface area contributed by atoms with E-state index in [-0.39, 0.29) is 6.54 Å². The lowest BCUT2D eigenvalue weighted by atomic mass is 10.2. The van der Waals surface area contributed by atoms with E-state index in [1.807, 2.05) is 20.8 Å². The zero-order valence-corrected chi connectivity index (χ0v) is 17.4. The van der Waals surface area contributed by atoms with Gasteiger partial charge in [0.1, 0.15) is 16.6 Å². The second kappa shape index (κ2) is 7.93. The molecule has 1 aromatic rings. The van der Waals surface area contributed by atoms with Crippen molar-refractivity contribution < 1.29 is 13.7 Å². The molecule has 0 fully saturated rings. The number of hydrogen-bond donors (Lipinski definition) is 0. The molecule has 0 aromatic carbocycles. The first kappa shape index (κ1) is 21.1. The quantitative estimate of drug-likeness (QED) is 0.727. The second-order valence-corrected chi connectivity index (χ2v) is 10.7. The molecule has 0 aliphatic rings. The minimum absolute atomic E-state index is 0.148. The normalized spacial score (nSPS) is 14.4. The molecule has 136 valence electrons. The summed E-state index contributed by atoms with van der Waals surface area (Å²) in [6, 6.07) is 0. The average Bonchev–Trinajstić information content (AvgIpc) is 2.81. The van der Waals surface area contributed by atoms with E-state index in [1.165, 1.54) is 16.2 Å². The fourth-order valence-electron chi connectivity index (χ4n) is 1.40. The summed E-state index contributed by atoms with van der Waals surface area (Å²) in [5, 5.41) is 0. The van der Waals surface area contributed by atoms with Gasteiger partial charge in [-0.15, -0.1) is 11.3 Å². The highest BCUT2D eigenvalue weighted by molar-refractivity contribution is 7.85. The number of amides is 1. The average molecular weight is 394 g/mol. The molecule has 9 heteroatoms. The van der Waals surface area contributed by atoms with Crippen molar-refractivity contribution >= 4 is 45.7 Å². The number of aromatic nitrogens is 1. The summed E-state index contributed by atoms with van der Waals surface area (Å²) in [5.74, 6) is 0. The maximum absolute atomic E-state index is 12.4. The van der Waals surface area contributed by atoms with E-state index in [1.54, 1.807) is 34.0 Å². The predicted molar refractivity (Wildman–Crippen MR) is 100 cm³/mol. The zero-order chi connectivity index (χ0) is 18.7. The van der Waals surface area contributed by atoms with Crippen LogP contribution in [0.5, 0.6) is 0 Å². The van der Waals surface area contributed by atoms with Gasteiger partial charge in [-0.3, -0.25) is 0 Å². The molecule has 1 unspecified atom stereocenters. The van der Waals surface area contributed by atoms with Gasteiger partial charge in [-0.1, -0.05) is 11.6 Å². The lowest BCUT2D eigenvalue weighted by Gasteiger charge is -2.25. The van der Waals surface area contributed by atoms with Crippen LogP contribution < -0.4 is 0 Å². The molecule has 0 aliphatic carbocycles. The van der Waals surface area contributed by atoms with Gasteiger partial charge < -0.3 is 9.64 Å². The topological polar surface area (TPSA) is 71.9 Å². The van der Waals surface area contributed by atoms with Crippen LogP contribution in [0.1, 0.15) is 46.4 Å². The highest BCUT2D eigenvalue weighted by Crippen LogP contribution is 2.21. The summed E-state index contributed by atoms with van der Waals surface area (Å²) in [6.45, 7) is 11.0. The van der Waals surface area contributed by atoms with E-state index >= 15 is 0 Å². The highest BCUT2D eigenvalue weighted by atomic mass is 35.5. The Morgan fingerprint density at radius 3 is 2.38 bits per heavy atom. The minimum atomic E-state index is -1.46.